The third kappa shape index (κ3) is 4.57. The number of anilines is 2. The van der Waals surface area contributed by atoms with Crippen LogP contribution in [0.1, 0.15) is 71.6 Å². The van der Waals surface area contributed by atoms with E-state index in [-0.39, 0.29) is 5.54 Å². The second-order valence-corrected chi connectivity index (χ2v) is 8.06. The van der Waals surface area contributed by atoms with Crippen molar-refractivity contribution < 1.29 is 5.11 Å². The van der Waals surface area contributed by atoms with Crippen LogP contribution in [0.4, 0.5) is 11.8 Å². The summed E-state index contributed by atoms with van der Waals surface area (Å²) in [5.41, 5.74) is 1.25. The van der Waals surface area contributed by atoms with Crippen molar-refractivity contribution in [1.29, 1.82) is 0 Å². The lowest BCUT2D eigenvalue weighted by Crippen LogP contribution is -2.27. The summed E-state index contributed by atoms with van der Waals surface area (Å²) in [5, 5.41) is 17.7. The molecule has 0 spiro atoms. The van der Waals surface area contributed by atoms with E-state index in [4.69, 9.17) is 4.98 Å². The molecular weight excluding hydrogens is 314 g/mol. The van der Waals surface area contributed by atoms with Crippen LogP contribution in [0.15, 0.2) is 12.3 Å². The Labute approximate surface area is 149 Å². The van der Waals surface area contributed by atoms with Crippen LogP contribution in [0.2, 0.25) is 0 Å². The number of fused-ring (bicyclic) bond motifs is 1. The molecule has 136 valence electrons. The number of aliphatic hydroxyl groups is 1. The lowest BCUT2D eigenvalue weighted by molar-refractivity contribution is 0.194. The van der Waals surface area contributed by atoms with Gasteiger partial charge in [0.2, 0.25) is 5.95 Å². The first kappa shape index (κ1) is 17.9. The Kier molecular flexibility index (Phi) is 5.08. The van der Waals surface area contributed by atoms with Crippen molar-refractivity contribution in [2.24, 2.45) is 0 Å². The molecule has 1 aliphatic carbocycles. The molecule has 3 rings (SSSR count). The van der Waals surface area contributed by atoms with Gasteiger partial charge in [0.05, 0.1) is 11.8 Å². The molecule has 0 radical (unpaired) electrons. The number of nitrogens with zero attached hydrogens (tertiary/aromatic N) is 3. The van der Waals surface area contributed by atoms with Gasteiger partial charge in [0.15, 0.2) is 5.82 Å². The zero-order chi connectivity index (χ0) is 18.0. The highest BCUT2D eigenvalue weighted by molar-refractivity contribution is 5.89. The molecule has 0 saturated heterocycles. The maximum atomic E-state index is 9.93. The summed E-state index contributed by atoms with van der Waals surface area (Å²) in [6.45, 7) is 7.96. The average Bonchev–Trinajstić information content (AvgIpc) is 2.54. The summed E-state index contributed by atoms with van der Waals surface area (Å²) in [7, 11) is 0. The van der Waals surface area contributed by atoms with Gasteiger partial charge in [0, 0.05) is 23.2 Å². The highest BCUT2D eigenvalue weighted by Gasteiger charge is 2.18. The van der Waals surface area contributed by atoms with Crippen molar-refractivity contribution in [3.05, 3.63) is 18.0 Å². The standard InChI is InChI=1S/C19H29N5O/c1-12(25)15-10-13-11-20-18(21-14-8-6-5-7-9-14)23-16(13)17(22-15)24-19(2,3)4/h10-12,14,25H,5-9H2,1-4H3,(H,22,24)(H,20,21,23). The van der Waals surface area contributed by atoms with Gasteiger partial charge < -0.3 is 15.7 Å². The van der Waals surface area contributed by atoms with Crippen LogP contribution < -0.4 is 10.6 Å². The molecule has 0 aromatic carbocycles. The second kappa shape index (κ2) is 7.12. The molecule has 1 fully saturated rings. The fraction of sp³-hybridized carbons (Fsp3) is 0.632. The third-order valence-corrected chi connectivity index (χ3v) is 4.45. The van der Waals surface area contributed by atoms with Crippen molar-refractivity contribution >= 4 is 22.7 Å². The monoisotopic (exact) mass is 343 g/mol. The van der Waals surface area contributed by atoms with E-state index in [0.717, 1.165) is 10.9 Å². The van der Waals surface area contributed by atoms with E-state index in [0.29, 0.717) is 23.5 Å². The van der Waals surface area contributed by atoms with Gasteiger partial charge in [-0.2, -0.15) is 0 Å². The van der Waals surface area contributed by atoms with Gasteiger partial charge in [-0.1, -0.05) is 19.3 Å². The van der Waals surface area contributed by atoms with Gasteiger partial charge in [0.25, 0.3) is 0 Å². The molecule has 2 heterocycles. The van der Waals surface area contributed by atoms with Crippen molar-refractivity contribution in [3.63, 3.8) is 0 Å². The summed E-state index contributed by atoms with van der Waals surface area (Å²) in [6, 6.07) is 2.31. The van der Waals surface area contributed by atoms with Crippen LogP contribution in [0, 0.1) is 0 Å². The highest BCUT2D eigenvalue weighted by atomic mass is 16.3. The topological polar surface area (TPSA) is 83.0 Å². The minimum atomic E-state index is -0.634. The molecule has 0 aliphatic heterocycles. The number of aliphatic hydroxyl groups excluding tert-OH is 1. The van der Waals surface area contributed by atoms with Crippen molar-refractivity contribution in [1.82, 2.24) is 15.0 Å². The molecule has 1 atom stereocenters. The summed E-state index contributed by atoms with van der Waals surface area (Å²) in [6.07, 6.45) is 7.38. The van der Waals surface area contributed by atoms with E-state index < -0.39 is 6.10 Å². The van der Waals surface area contributed by atoms with Crippen LogP contribution >= 0.6 is 0 Å². The van der Waals surface area contributed by atoms with Gasteiger partial charge in [-0.25, -0.2) is 15.0 Å². The Balaban J connectivity index is 1.97. The molecule has 0 bridgehead atoms. The minimum Gasteiger partial charge on any atom is -0.387 e. The minimum absolute atomic E-state index is 0.154. The Bertz CT molecular complexity index is 732. The maximum Gasteiger partial charge on any atom is 0.223 e. The Morgan fingerprint density at radius 2 is 1.88 bits per heavy atom. The van der Waals surface area contributed by atoms with E-state index >= 15 is 0 Å². The zero-order valence-electron chi connectivity index (χ0n) is 15.6. The van der Waals surface area contributed by atoms with E-state index in [2.05, 4.69) is 41.4 Å². The van der Waals surface area contributed by atoms with Gasteiger partial charge in [-0.15, -0.1) is 0 Å². The lowest BCUT2D eigenvalue weighted by Gasteiger charge is -2.24. The van der Waals surface area contributed by atoms with Gasteiger partial charge in [-0.05, 0) is 46.6 Å². The van der Waals surface area contributed by atoms with Crippen molar-refractivity contribution in [3.8, 4) is 0 Å². The van der Waals surface area contributed by atoms with Gasteiger partial charge >= 0.3 is 0 Å². The number of hydrogen-bond acceptors (Lipinski definition) is 6. The Morgan fingerprint density at radius 3 is 2.52 bits per heavy atom. The zero-order valence-corrected chi connectivity index (χ0v) is 15.6. The number of nitrogens with one attached hydrogen (secondary N) is 2. The maximum absolute atomic E-state index is 9.93. The molecule has 1 saturated carbocycles. The molecule has 6 nitrogen and oxygen atoms in total. The SMILES string of the molecule is CC(O)c1cc2cnc(NC3CCCCC3)nc2c(NC(C)(C)C)n1. The van der Waals surface area contributed by atoms with E-state index in [1.165, 1.54) is 32.1 Å². The summed E-state index contributed by atoms with van der Waals surface area (Å²) in [5.74, 6) is 1.35. The normalized spacial score (nSPS) is 17.5. The quantitative estimate of drug-likeness (QED) is 0.777. The molecule has 1 aliphatic rings. The Morgan fingerprint density at radius 1 is 1.16 bits per heavy atom. The fourth-order valence-electron chi connectivity index (χ4n) is 3.22. The number of aromatic nitrogens is 3. The first-order chi connectivity index (χ1) is 11.8. The molecular formula is C19H29N5O. The van der Waals surface area contributed by atoms with E-state index in [1.807, 2.05) is 12.3 Å². The molecule has 0 amide bonds. The van der Waals surface area contributed by atoms with Crippen molar-refractivity contribution in [2.45, 2.75) is 77.5 Å². The first-order valence-electron chi connectivity index (χ1n) is 9.22. The van der Waals surface area contributed by atoms with Crippen LogP contribution in [-0.4, -0.2) is 31.6 Å². The average molecular weight is 343 g/mol. The number of hydrogen-bond donors (Lipinski definition) is 3. The molecule has 2 aromatic rings. The Hall–Kier alpha value is -1.95. The number of pyridine rings is 1. The van der Waals surface area contributed by atoms with Crippen molar-refractivity contribution in [2.75, 3.05) is 10.6 Å². The number of rotatable bonds is 4. The molecule has 1 unspecified atom stereocenters. The van der Waals surface area contributed by atoms with Gasteiger partial charge in [0.1, 0.15) is 5.52 Å². The molecule has 6 heteroatoms. The predicted octanol–water partition coefficient (Wildman–Crippen LogP) is 4.03. The third-order valence-electron chi connectivity index (χ3n) is 4.45. The predicted molar refractivity (Wildman–Crippen MR) is 102 cm³/mol. The van der Waals surface area contributed by atoms with Gasteiger partial charge in [-0.3, -0.25) is 0 Å². The smallest absolute Gasteiger partial charge is 0.223 e. The molecule has 25 heavy (non-hydrogen) atoms. The fourth-order valence-corrected chi connectivity index (χ4v) is 3.22. The summed E-state index contributed by atoms with van der Waals surface area (Å²) < 4.78 is 0. The van der Waals surface area contributed by atoms with Crippen LogP contribution in [-0.2, 0) is 0 Å². The van der Waals surface area contributed by atoms with Crippen LogP contribution in [0.25, 0.3) is 10.9 Å². The summed E-state index contributed by atoms with van der Waals surface area (Å²) >= 11 is 0. The molecule has 2 aromatic heterocycles. The lowest BCUT2D eigenvalue weighted by atomic mass is 9.96. The second-order valence-electron chi connectivity index (χ2n) is 8.06. The molecule has 3 N–H and O–H groups in total. The van der Waals surface area contributed by atoms with Crippen LogP contribution in [0.5, 0.6) is 0 Å². The first-order valence-corrected chi connectivity index (χ1v) is 9.22. The highest BCUT2D eigenvalue weighted by Crippen LogP contribution is 2.27. The largest absolute Gasteiger partial charge is 0.387 e. The van der Waals surface area contributed by atoms with Crippen LogP contribution in [0.3, 0.4) is 0 Å². The van der Waals surface area contributed by atoms with E-state index in [9.17, 15) is 5.11 Å². The van der Waals surface area contributed by atoms with E-state index in [1.54, 1.807) is 6.92 Å². The summed E-state index contributed by atoms with van der Waals surface area (Å²) in [4.78, 5) is 13.8.